The second-order valence-corrected chi connectivity index (χ2v) is 7.39. The molecule has 0 N–H and O–H groups in total. The number of aryl methyl sites for hydroxylation is 1. The Balaban J connectivity index is 1.60. The Morgan fingerprint density at radius 1 is 1.16 bits per heavy atom. The number of ether oxygens (including phenoxy) is 1. The first kappa shape index (κ1) is 15.9. The van der Waals surface area contributed by atoms with Crippen LogP contribution in [0.1, 0.15) is 26.4 Å². The maximum absolute atomic E-state index is 12.9. The van der Waals surface area contributed by atoms with Gasteiger partial charge in [0.2, 0.25) is 0 Å². The highest BCUT2D eigenvalue weighted by Crippen LogP contribution is 2.42. The highest BCUT2D eigenvalue weighted by molar-refractivity contribution is 7.17. The van der Waals surface area contributed by atoms with Crippen molar-refractivity contribution < 1.29 is 9.53 Å². The highest BCUT2D eigenvalue weighted by Gasteiger charge is 2.23. The molecule has 0 fully saturated rings. The number of para-hydroxylation sites is 1. The summed E-state index contributed by atoms with van der Waals surface area (Å²) >= 11 is 1.56. The summed E-state index contributed by atoms with van der Waals surface area (Å²) in [5.41, 5.74) is 4.55. The van der Waals surface area contributed by atoms with Crippen LogP contribution in [-0.4, -0.2) is 17.9 Å². The molecule has 1 aromatic heterocycles. The molecule has 0 aliphatic carbocycles. The van der Waals surface area contributed by atoms with Crippen LogP contribution in [0.3, 0.4) is 0 Å². The number of carbonyl (C=O) groups is 1. The topological polar surface area (TPSA) is 29.5 Å². The van der Waals surface area contributed by atoms with Crippen LogP contribution in [-0.2, 0) is 13.2 Å². The van der Waals surface area contributed by atoms with Crippen LogP contribution >= 0.6 is 11.3 Å². The molecule has 4 rings (SSSR count). The lowest BCUT2D eigenvalue weighted by Gasteiger charge is -2.17. The van der Waals surface area contributed by atoms with Crippen molar-refractivity contribution in [2.24, 2.45) is 0 Å². The van der Waals surface area contributed by atoms with Crippen LogP contribution in [0.5, 0.6) is 5.75 Å². The number of nitrogens with zero attached hydrogens (tertiary/aromatic N) is 1. The zero-order valence-corrected chi connectivity index (χ0v) is 15.1. The second kappa shape index (κ2) is 6.37. The second-order valence-electron chi connectivity index (χ2n) is 6.34. The Morgan fingerprint density at radius 2 is 1.92 bits per heavy atom. The number of amides is 1. The van der Waals surface area contributed by atoms with E-state index in [4.69, 9.17) is 4.74 Å². The predicted molar refractivity (Wildman–Crippen MR) is 101 cm³/mol. The summed E-state index contributed by atoms with van der Waals surface area (Å²) in [6.45, 7) is 3.21. The number of rotatable bonds is 3. The average Bonchev–Trinajstić information content (AvgIpc) is 3.07. The Bertz CT molecular complexity index is 945. The van der Waals surface area contributed by atoms with Gasteiger partial charge < -0.3 is 9.64 Å². The molecule has 4 heteroatoms. The first-order chi connectivity index (χ1) is 12.1. The monoisotopic (exact) mass is 349 g/mol. The van der Waals surface area contributed by atoms with Crippen LogP contribution in [0.15, 0.2) is 54.6 Å². The van der Waals surface area contributed by atoms with E-state index in [-0.39, 0.29) is 5.91 Å². The van der Waals surface area contributed by atoms with Gasteiger partial charge in [-0.2, -0.15) is 0 Å². The molecule has 0 bridgehead atoms. The Labute approximate surface area is 151 Å². The van der Waals surface area contributed by atoms with E-state index in [1.54, 1.807) is 16.2 Å². The molecule has 0 radical (unpaired) electrons. The third-order valence-corrected chi connectivity index (χ3v) is 5.75. The molecular weight excluding hydrogens is 330 g/mol. The van der Waals surface area contributed by atoms with Gasteiger partial charge in [0.1, 0.15) is 12.4 Å². The van der Waals surface area contributed by atoms with Crippen molar-refractivity contribution in [2.75, 3.05) is 7.05 Å². The van der Waals surface area contributed by atoms with E-state index in [0.717, 1.165) is 26.6 Å². The van der Waals surface area contributed by atoms with Crippen LogP contribution < -0.4 is 4.74 Å². The maximum atomic E-state index is 12.9. The van der Waals surface area contributed by atoms with Gasteiger partial charge in [-0.05, 0) is 36.2 Å². The number of hydrogen-bond donors (Lipinski definition) is 0. The fraction of sp³-hybridized carbons (Fsp3) is 0.190. The molecule has 1 amide bonds. The number of thiophene rings is 1. The fourth-order valence-electron chi connectivity index (χ4n) is 3.11. The molecule has 1 aliphatic rings. The molecule has 0 spiro atoms. The minimum Gasteiger partial charge on any atom is -0.488 e. The van der Waals surface area contributed by atoms with Crippen LogP contribution in [0.25, 0.3) is 10.4 Å². The van der Waals surface area contributed by atoms with Crippen molar-refractivity contribution in [1.82, 2.24) is 4.90 Å². The van der Waals surface area contributed by atoms with Gasteiger partial charge in [0.25, 0.3) is 5.91 Å². The standard InChI is InChI=1S/C21H19NO2S/c1-14-7-3-4-8-15(14)12-22(2)21(23)19-11-16-13-24-18-10-6-5-9-17(18)20(16)25-19/h3-11H,12-13H2,1-2H3. The summed E-state index contributed by atoms with van der Waals surface area (Å²) in [5.74, 6) is 0.948. The summed E-state index contributed by atoms with van der Waals surface area (Å²) in [7, 11) is 1.86. The van der Waals surface area contributed by atoms with Crippen LogP contribution in [0.2, 0.25) is 0 Å². The van der Waals surface area contributed by atoms with E-state index in [1.165, 1.54) is 11.1 Å². The van der Waals surface area contributed by atoms with Crippen LogP contribution in [0.4, 0.5) is 0 Å². The van der Waals surface area contributed by atoms with Crippen molar-refractivity contribution >= 4 is 17.2 Å². The smallest absolute Gasteiger partial charge is 0.263 e. The summed E-state index contributed by atoms with van der Waals surface area (Å²) in [4.78, 5) is 16.6. The molecule has 3 aromatic rings. The minimum atomic E-state index is 0.0557. The fourth-order valence-corrected chi connectivity index (χ4v) is 4.30. The number of hydrogen-bond acceptors (Lipinski definition) is 3. The molecule has 0 saturated heterocycles. The molecule has 0 unspecified atom stereocenters. The first-order valence-corrected chi connectivity index (χ1v) is 9.10. The molecule has 2 heterocycles. The number of carbonyl (C=O) groups excluding carboxylic acids is 1. The van der Waals surface area contributed by atoms with Crippen molar-refractivity contribution in [1.29, 1.82) is 0 Å². The summed E-state index contributed by atoms with van der Waals surface area (Å²) in [6, 6.07) is 18.2. The summed E-state index contributed by atoms with van der Waals surface area (Å²) in [5, 5.41) is 0. The van der Waals surface area contributed by atoms with E-state index in [1.807, 2.05) is 43.4 Å². The van der Waals surface area contributed by atoms with Gasteiger partial charge in [-0.25, -0.2) is 0 Å². The van der Waals surface area contributed by atoms with E-state index in [0.29, 0.717) is 13.2 Å². The maximum Gasteiger partial charge on any atom is 0.263 e. The van der Waals surface area contributed by atoms with Crippen LogP contribution in [0, 0.1) is 6.92 Å². The van der Waals surface area contributed by atoms with Gasteiger partial charge in [-0.15, -0.1) is 11.3 Å². The van der Waals surface area contributed by atoms with Gasteiger partial charge in [0.15, 0.2) is 0 Å². The van der Waals surface area contributed by atoms with Crippen molar-refractivity contribution in [3.63, 3.8) is 0 Å². The van der Waals surface area contributed by atoms with Crippen molar-refractivity contribution in [2.45, 2.75) is 20.1 Å². The first-order valence-electron chi connectivity index (χ1n) is 8.28. The lowest BCUT2D eigenvalue weighted by atomic mass is 10.1. The van der Waals surface area contributed by atoms with E-state index in [9.17, 15) is 4.79 Å². The van der Waals surface area contributed by atoms with Gasteiger partial charge in [0, 0.05) is 29.6 Å². The summed E-state index contributed by atoms with van der Waals surface area (Å²) in [6.07, 6.45) is 0. The van der Waals surface area contributed by atoms with Gasteiger partial charge in [-0.1, -0.05) is 36.4 Å². The molecule has 126 valence electrons. The summed E-state index contributed by atoms with van der Waals surface area (Å²) < 4.78 is 5.80. The largest absolute Gasteiger partial charge is 0.488 e. The molecular formula is C21H19NO2S. The van der Waals surface area contributed by atoms with E-state index < -0.39 is 0 Å². The highest BCUT2D eigenvalue weighted by atomic mass is 32.1. The SMILES string of the molecule is Cc1ccccc1CN(C)C(=O)c1cc2c(s1)-c1ccccc1OC2. The molecule has 25 heavy (non-hydrogen) atoms. The number of fused-ring (bicyclic) bond motifs is 3. The molecule has 3 nitrogen and oxygen atoms in total. The number of benzene rings is 2. The van der Waals surface area contributed by atoms with E-state index in [2.05, 4.69) is 25.1 Å². The van der Waals surface area contributed by atoms with Crippen molar-refractivity contribution in [3.8, 4) is 16.2 Å². The Hall–Kier alpha value is -2.59. The molecule has 1 aliphatic heterocycles. The van der Waals surface area contributed by atoms with Crippen molar-refractivity contribution in [3.05, 3.63) is 76.2 Å². The average molecular weight is 349 g/mol. The Morgan fingerprint density at radius 3 is 2.76 bits per heavy atom. The zero-order chi connectivity index (χ0) is 17.4. The lowest BCUT2D eigenvalue weighted by molar-refractivity contribution is 0.0789. The third kappa shape index (κ3) is 2.94. The Kier molecular flexibility index (Phi) is 4.06. The van der Waals surface area contributed by atoms with E-state index >= 15 is 0 Å². The van der Waals surface area contributed by atoms with Gasteiger partial charge >= 0.3 is 0 Å². The van der Waals surface area contributed by atoms with Gasteiger partial charge in [0.05, 0.1) is 4.88 Å². The quantitative estimate of drug-likeness (QED) is 0.674. The minimum absolute atomic E-state index is 0.0557. The molecule has 2 aromatic carbocycles. The normalized spacial score (nSPS) is 12.1. The van der Waals surface area contributed by atoms with Gasteiger partial charge in [-0.3, -0.25) is 4.79 Å². The molecule has 0 atom stereocenters. The zero-order valence-electron chi connectivity index (χ0n) is 14.3. The third-order valence-electron chi connectivity index (χ3n) is 4.55. The lowest BCUT2D eigenvalue weighted by Crippen LogP contribution is -2.25. The predicted octanol–water partition coefficient (Wildman–Crippen LogP) is 4.89. The molecule has 0 saturated carbocycles.